The Morgan fingerprint density at radius 2 is 1.86 bits per heavy atom. The molecule has 1 atom stereocenters. The highest BCUT2D eigenvalue weighted by atomic mass is 35.5. The van der Waals surface area contributed by atoms with Gasteiger partial charge in [-0.25, -0.2) is 8.42 Å². The molecule has 2 rings (SSSR count). The van der Waals surface area contributed by atoms with Crippen molar-refractivity contribution in [1.82, 2.24) is 0 Å². The Labute approximate surface area is 130 Å². The lowest BCUT2D eigenvalue weighted by atomic mass is 10.1. The molecule has 0 spiro atoms. The molecule has 21 heavy (non-hydrogen) atoms. The molecule has 3 nitrogen and oxygen atoms in total. The molecule has 0 aromatic heterocycles. The average Bonchev–Trinajstić information content (AvgIpc) is 2.40. The van der Waals surface area contributed by atoms with E-state index >= 15 is 0 Å². The van der Waals surface area contributed by atoms with E-state index in [9.17, 15) is 8.42 Å². The van der Waals surface area contributed by atoms with Crippen molar-refractivity contribution in [3.05, 3.63) is 70.2 Å². The van der Waals surface area contributed by atoms with Gasteiger partial charge in [-0.3, -0.25) is 0 Å². The van der Waals surface area contributed by atoms with Crippen LogP contribution in [0.2, 0.25) is 5.02 Å². The highest BCUT2D eigenvalue weighted by Crippen LogP contribution is 2.20. The maximum atomic E-state index is 12.3. The topological polar surface area (TPSA) is 60.2 Å². The quantitative estimate of drug-likeness (QED) is 0.918. The minimum Gasteiger partial charge on any atom is -0.323 e. The van der Waals surface area contributed by atoms with Crippen LogP contribution in [0, 0.1) is 6.92 Å². The third-order valence-electron chi connectivity index (χ3n) is 3.24. The summed E-state index contributed by atoms with van der Waals surface area (Å²) in [5.74, 6) is -0.187. The van der Waals surface area contributed by atoms with Gasteiger partial charge in [0.1, 0.15) is 0 Å². The van der Waals surface area contributed by atoms with Crippen LogP contribution in [0.3, 0.4) is 0 Å². The fraction of sp³-hybridized carbons (Fsp3) is 0.250. The van der Waals surface area contributed by atoms with Crippen molar-refractivity contribution in [2.24, 2.45) is 5.73 Å². The second kappa shape index (κ2) is 6.60. The van der Waals surface area contributed by atoms with Crippen LogP contribution in [0.15, 0.2) is 48.5 Å². The lowest BCUT2D eigenvalue weighted by Crippen LogP contribution is -2.23. The summed E-state index contributed by atoms with van der Waals surface area (Å²) in [5, 5.41) is 0.463. The van der Waals surface area contributed by atoms with Crippen molar-refractivity contribution in [2.75, 3.05) is 5.75 Å². The third kappa shape index (κ3) is 4.56. The maximum absolute atomic E-state index is 12.3. The molecule has 0 saturated carbocycles. The van der Waals surface area contributed by atoms with Crippen LogP contribution in [-0.4, -0.2) is 14.2 Å². The largest absolute Gasteiger partial charge is 0.323 e. The molecule has 0 amide bonds. The number of hydrogen-bond acceptors (Lipinski definition) is 3. The Balaban J connectivity index is 2.12. The average molecular weight is 324 g/mol. The van der Waals surface area contributed by atoms with Crippen LogP contribution in [-0.2, 0) is 15.6 Å². The van der Waals surface area contributed by atoms with E-state index < -0.39 is 15.9 Å². The molecule has 0 bridgehead atoms. The first-order valence-electron chi connectivity index (χ1n) is 6.63. The molecule has 0 fully saturated rings. The lowest BCUT2D eigenvalue weighted by Gasteiger charge is -2.13. The van der Waals surface area contributed by atoms with E-state index in [1.165, 1.54) is 0 Å². The summed E-state index contributed by atoms with van der Waals surface area (Å²) in [5.41, 5.74) is 8.53. The molecule has 1 unspecified atom stereocenters. The predicted octanol–water partition coefficient (Wildman–Crippen LogP) is 3.26. The molecule has 0 aliphatic heterocycles. The van der Waals surface area contributed by atoms with Crippen molar-refractivity contribution in [3.8, 4) is 0 Å². The Bertz CT molecular complexity index is 729. The van der Waals surface area contributed by atoms with E-state index in [1.54, 1.807) is 24.3 Å². The molecule has 2 aromatic carbocycles. The smallest absolute Gasteiger partial charge is 0.156 e. The first kappa shape index (κ1) is 16.0. The summed E-state index contributed by atoms with van der Waals surface area (Å²) < 4.78 is 24.6. The Hall–Kier alpha value is -1.36. The molecule has 112 valence electrons. The summed E-state index contributed by atoms with van der Waals surface area (Å²) in [6, 6.07) is 14.0. The molecule has 0 saturated heterocycles. The van der Waals surface area contributed by atoms with Gasteiger partial charge in [0.25, 0.3) is 0 Å². The molecule has 0 aliphatic rings. The van der Waals surface area contributed by atoms with Crippen molar-refractivity contribution in [2.45, 2.75) is 18.7 Å². The lowest BCUT2D eigenvalue weighted by molar-refractivity contribution is 0.588. The first-order valence-corrected chi connectivity index (χ1v) is 8.83. The molecule has 0 aliphatic carbocycles. The minimum atomic E-state index is -3.33. The summed E-state index contributed by atoms with van der Waals surface area (Å²) in [6.45, 7) is 1.95. The highest BCUT2D eigenvalue weighted by molar-refractivity contribution is 7.90. The van der Waals surface area contributed by atoms with E-state index in [2.05, 4.69) is 0 Å². The van der Waals surface area contributed by atoms with Crippen LogP contribution < -0.4 is 5.73 Å². The predicted molar refractivity (Wildman–Crippen MR) is 87.1 cm³/mol. The van der Waals surface area contributed by atoms with Gasteiger partial charge in [0, 0.05) is 11.1 Å². The van der Waals surface area contributed by atoms with Crippen molar-refractivity contribution in [1.29, 1.82) is 0 Å². The fourth-order valence-electron chi connectivity index (χ4n) is 2.18. The standard InChI is InChI=1S/C16H18ClNO2S/c1-12-5-4-7-13(9-12)16(18)11-21(19,20)10-14-6-2-3-8-15(14)17/h2-9,16H,10-11,18H2,1H3. The Kier molecular flexibility index (Phi) is 5.04. The number of nitrogens with two attached hydrogens (primary N) is 1. The van der Waals surface area contributed by atoms with Crippen LogP contribution in [0.1, 0.15) is 22.7 Å². The third-order valence-corrected chi connectivity index (χ3v) is 5.22. The Morgan fingerprint density at radius 1 is 1.14 bits per heavy atom. The molecule has 0 radical (unpaired) electrons. The van der Waals surface area contributed by atoms with Gasteiger partial charge < -0.3 is 5.73 Å². The molecule has 2 N–H and O–H groups in total. The zero-order valence-electron chi connectivity index (χ0n) is 11.8. The van der Waals surface area contributed by atoms with Gasteiger partial charge in [-0.1, -0.05) is 59.6 Å². The zero-order valence-corrected chi connectivity index (χ0v) is 13.4. The summed E-state index contributed by atoms with van der Waals surface area (Å²) in [7, 11) is -3.33. The number of benzene rings is 2. The highest BCUT2D eigenvalue weighted by Gasteiger charge is 2.19. The van der Waals surface area contributed by atoms with Crippen molar-refractivity contribution >= 4 is 21.4 Å². The normalized spacial score (nSPS) is 13.1. The zero-order chi connectivity index (χ0) is 15.5. The maximum Gasteiger partial charge on any atom is 0.156 e. The van der Waals surface area contributed by atoms with Gasteiger partial charge >= 0.3 is 0 Å². The van der Waals surface area contributed by atoms with Crippen LogP contribution in [0.5, 0.6) is 0 Å². The van der Waals surface area contributed by atoms with Gasteiger partial charge in [0.2, 0.25) is 0 Å². The van der Waals surface area contributed by atoms with Crippen LogP contribution >= 0.6 is 11.6 Å². The monoisotopic (exact) mass is 323 g/mol. The summed E-state index contributed by atoms with van der Waals surface area (Å²) in [4.78, 5) is 0. The van der Waals surface area contributed by atoms with Crippen LogP contribution in [0.4, 0.5) is 0 Å². The Morgan fingerprint density at radius 3 is 2.52 bits per heavy atom. The van der Waals surface area contributed by atoms with E-state index in [0.717, 1.165) is 11.1 Å². The second-order valence-corrected chi connectivity index (χ2v) is 7.68. The number of halogens is 1. The molecular weight excluding hydrogens is 306 g/mol. The van der Waals surface area contributed by atoms with Gasteiger partial charge in [-0.2, -0.15) is 0 Å². The number of hydrogen-bond donors (Lipinski definition) is 1. The summed E-state index contributed by atoms with van der Waals surface area (Å²) >= 11 is 6.01. The van der Waals surface area contributed by atoms with E-state index in [4.69, 9.17) is 17.3 Å². The molecule has 5 heteroatoms. The van der Waals surface area contributed by atoms with Gasteiger partial charge in [-0.15, -0.1) is 0 Å². The molecule has 0 heterocycles. The number of aryl methyl sites for hydroxylation is 1. The minimum absolute atomic E-state index is 0.0911. The van der Waals surface area contributed by atoms with Crippen molar-refractivity contribution < 1.29 is 8.42 Å². The number of rotatable bonds is 5. The van der Waals surface area contributed by atoms with Gasteiger partial charge in [0.05, 0.1) is 11.5 Å². The van der Waals surface area contributed by atoms with Gasteiger partial charge in [0.15, 0.2) is 9.84 Å². The van der Waals surface area contributed by atoms with E-state index in [-0.39, 0.29) is 11.5 Å². The van der Waals surface area contributed by atoms with Crippen molar-refractivity contribution in [3.63, 3.8) is 0 Å². The number of sulfone groups is 1. The van der Waals surface area contributed by atoms with Gasteiger partial charge in [-0.05, 0) is 24.1 Å². The second-order valence-electron chi connectivity index (χ2n) is 5.17. The summed E-state index contributed by atoms with van der Waals surface area (Å²) in [6.07, 6.45) is 0. The van der Waals surface area contributed by atoms with E-state index in [1.807, 2.05) is 31.2 Å². The van der Waals surface area contributed by atoms with E-state index in [0.29, 0.717) is 10.6 Å². The SMILES string of the molecule is Cc1cccc(C(N)CS(=O)(=O)Cc2ccccc2Cl)c1. The fourth-order valence-corrected chi connectivity index (χ4v) is 4.05. The molecule has 2 aromatic rings. The van der Waals surface area contributed by atoms with Crippen LogP contribution in [0.25, 0.3) is 0 Å². The molecular formula is C16H18ClNO2S. The first-order chi connectivity index (χ1) is 9.87.